The smallest absolute Gasteiger partial charge is 0.143 e. The van der Waals surface area contributed by atoms with Crippen LogP contribution in [0.25, 0.3) is 98.8 Å². The molecule has 0 atom stereocenters. The topological polar surface area (TPSA) is 13.1 Å². The quantitative estimate of drug-likeness (QED) is 0.137. The molecular formula is C48H30O. The molecule has 0 saturated carbocycles. The summed E-state index contributed by atoms with van der Waals surface area (Å²) in [4.78, 5) is 0. The van der Waals surface area contributed by atoms with Crippen LogP contribution in [0, 0.1) is 0 Å². The molecule has 1 aromatic heterocycles. The lowest BCUT2D eigenvalue weighted by atomic mass is 9.84. The number of furan rings is 1. The van der Waals surface area contributed by atoms with Gasteiger partial charge in [0.1, 0.15) is 11.3 Å². The van der Waals surface area contributed by atoms with Crippen LogP contribution in [0.5, 0.6) is 0 Å². The van der Waals surface area contributed by atoms with E-state index in [1.54, 1.807) is 42.5 Å². The van der Waals surface area contributed by atoms with E-state index in [4.69, 9.17) is 22.2 Å². The van der Waals surface area contributed by atoms with Gasteiger partial charge in [0.05, 0.1) is 30.2 Å². The van der Waals surface area contributed by atoms with Crippen LogP contribution in [-0.4, -0.2) is 0 Å². The van der Waals surface area contributed by atoms with Gasteiger partial charge < -0.3 is 4.42 Å². The lowest BCUT2D eigenvalue weighted by molar-refractivity contribution is 0.633. The van der Waals surface area contributed by atoms with Crippen LogP contribution in [0.3, 0.4) is 0 Å². The van der Waals surface area contributed by atoms with Gasteiger partial charge in [-0.15, -0.1) is 0 Å². The molecule has 0 amide bonds. The fraction of sp³-hybridized carbons (Fsp3) is 0. The molecule has 0 saturated heterocycles. The second kappa shape index (κ2) is 11.1. The van der Waals surface area contributed by atoms with Crippen molar-refractivity contribution in [1.29, 1.82) is 0 Å². The number of fused-ring (bicyclic) bond motifs is 6. The minimum atomic E-state index is -0.867. The van der Waals surface area contributed by atoms with Crippen molar-refractivity contribution in [1.82, 2.24) is 0 Å². The highest BCUT2D eigenvalue weighted by atomic mass is 16.3. The van der Waals surface area contributed by atoms with Gasteiger partial charge in [-0.3, -0.25) is 0 Å². The SMILES string of the molecule is [2H]c1c([2H])c([2H])c(-c2c3c([2H])c([2H])c([2H])c([2H])c3c(-c3c(-c4c([2H])c([2H])c([2H])c5c4c([2H])c([2H])c4c([2H])c([2H])c([2H])c([2H])c45)oc4ccc(-c5ccccc5)cc34)c3c([2H])c([2H])c([2H])c([2H])c23)c([2H])c1[2H]. The molecule has 0 aliphatic carbocycles. The maximum absolute atomic E-state index is 9.65. The Morgan fingerprint density at radius 3 is 1.73 bits per heavy atom. The lowest BCUT2D eigenvalue weighted by Gasteiger charge is -2.18. The molecule has 0 spiro atoms. The maximum atomic E-state index is 9.65. The number of hydrogen-bond donors (Lipinski definition) is 0. The summed E-state index contributed by atoms with van der Waals surface area (Å²) in [6, 6.07) is -4.25. The lowest BCUT2D eigenvalue weighted by Crippen LogP contribution is -1.92. The molecule has 0 aliphatic heterocycles. The Bertz CT molecular complexity index is 4020. The average Bonchev–Trinajstić information content (AvgIpc) is 3.73. The molecule has 0 aliphatic rings. The van der Waals surface area contributed by atoms with E-state index in [1.807, 2.05) is 0 Å². The summed E-state index contributed by atoms with van der Waals surface area (Å²) in [5.74, 6) is -0.486. The summed E-state index contributed by atoms with van der Waals surface area (Å²) >= 11 is 0. The highest BCUT2D eigenvalue weighted by Gasteiger charge is 2.25. The van der Waals surface area contributed by atoms with Gasteiger partial charge >= 0.3 is 0 Å². The van der Waals surface area contributed by atoms with Gasteiger partial charge in [0.25, 0.3) is 0 Å². The van der Waals surface area contributed by atoms with E-state index in [-0.39, 0.29) is 16.5 Å². The zero-order chi connectivity index (χ0) is 51.5. The van der Waals surface area contributed by atoms with Crippen molar-refractivity contribution in [3.63, 3.8) is 0 Å². The summed E-state index contributed by atoms with van der Waals surface area (Å²) < 4.78 is 206. The number of rotatable bonds is 4. The van der Waals surface area contributed by atoms with E-state index in [0.717, 1.165) is 0 Å². The van der Waals surface area contributed by atoms with Gasteiger partial charge in [-0.25, -0.2) is 0 Å². The van der Waals surface area contributed by atoms with E-state index in [9.17, 15) is 12.3 Å². The summed E-state index contributed by atoms with van der Waals surface area (Å²) in [7, 11) is 0. The Morgan fingerprint density at radius 2 is 1.00 bits per heavy atom. The number of hydrogen-bond acceptors (Lipinski definition) is 1. The molecule has 9 aromatic carbocycles. The van der Waals surface area contributed by atoms with E-state index >= 15 is 0 Å². The maximum Gasteiger partial charge on any atom is 0.143 e. The summed E-state index contributed by atoms with van der Waals surface area (Å²) in [6.45, 7) is 0. The van der Waals surface area contributed by atoms with Crippen LogP contribution < -0.4 is 0 Å². The Hall–Kier alpha value is -6.44. The molecule has 10 aromatic rings. The third-order valence-electron chi connectivity index (χ3n) is 8.52. The normalized spacial score (nSPS) is 18.0. The third kappa shape index (κ3) is 4.33. The van der Waals surface area contributed by atoms with Crippen molar-refractivity contribution in [3.05, 3.63) is 181 Å². The molecule has 0 radical (unpaired) electrons. The second-order valence-corrected chi connectivity index (χ2v) is 11.1. The van der Waals surface area contributed by atoms with Crippen LogP contribution in [0.1, 0.15) is 30.2 Å². The monoisotopic (exact) mass is 644 g/mol. The van der Waals surface area contributed by atoms with Gasteiger partial charge in [0, 0.05) is 22.1 Å². The molecule has 228 valence electrons. The van der Waals surface area contributed by atoms with Gasteiger partial charge in [-0.05, 0) is 77.5 Å². The molecule has 1 nitrogen and oxygen atoms in total. The van der Waals surface area contributed by atoms with E-state index < -0.39 is 204 Å². The van der Waals surface area contributed by atoms with Crippen LogP contribution in [-0.2, 0) is 0 Å². The molecule has 49 heavy (non-hydrogen) atoms. The van der Waals surface area contributed by atoms with Crippen molar-refractivity contribution in [2.24, 2.45) is 0 Å². The van der Waals surface area contributed by atoms with Gasteiger partial charge in [0.15, 0.2) is 0 Å². The van der Waals surface area contributed by atoms with Gasteiger partial charge in [-0.2, -0.15) is 0 Å². The largest absolute Gasteiger partial charge is 0.455 e. The summed E-state index contributed by atoms with van der Waals surface area (Å²) in [5.41, 5.74) is -1.25. The molecule has 0 bridgehead atoms. The van der Waals surface area contributed by atoms with Crippen LogP contribution in [0.2, 0.25) is 0 Å². The molecule has 0 N–H and O–H groups in total. The highest BCUT2D eigenvalue weighted by Crippen LogP contribution is 2.51. The first-order chi connectivity index (χ1) is 33.5. The molecule has 1 heterocycles. The highest BCUT2D eigenvalue weighted by molar-refractivity contribution is 6.26. The first-order valence-corrected chi connectivity index (χ1v) is 15.1. The molecule has 10 rings (SSSR count). The molecular weight excluding hydrogens is 593 g/mol. The van der Waals surface area contributed by atoms with Crippen molar-refractivity contribution >= 4 is 54.1 Å². The van der Waals surface area contributed by atoms with E-state index in [0.29, 0.717) is 11.1 Å². The van der Waals surface area contributed by atoms with Crippen LogP contribution >= 0.6 is 0 Å². The van der Waals surface area contributed by atoms with Gasteiger partial charge in [-0.1, -0.05) is 169 Å². The van der Waals surface area contributed by atoms with Crippen molar-refractivity contribution in [2.75, 3.05) is 0 Å². The molecule has 0 unspecified atom stereocenters. The fourth-order valence-corrected chi connectivity index (χ4v) is 6.44. The second-order valence-electron chi connectivity index (χ2n) is 11.1. The minimum Gasteiger partial charge on any atom is -0.455 e. The first kappa shape index (κ1) is 13.6. The Kier molecular flexibility index (Phi) is 3.07. The summed E-state index contributed by atoms with van der Waals surface area (Å²) in [6.07, 6.45) is 0. The first-order valence-electron chi connectivity index (χ1n) is 26.1. The summed E-state index contributed by atoms with van der Waals surface area (Å²) in [5, 5.41) is -3.80. The predicted octanol–water partition coefficient (Wildman–Crippen LogP) is 13.7. The Labute approximate surface area is 315 Å². The molecule has 0 fully saturated rings. The van der Waals surface area contributed by atoms with Crippen molar-refractivity contribution in [2.45, 2.75) is 0 Å². The van der Waals surface area contributed by atoms with Crippen LogP contribution in [0.15, 0.2) is 186 Å². The van der Waals surface area contributed by atoms with E-state index in [1.165, 1.54) is 6.07 Å². The van der Waals surface area contributed by atoms with Crippen molar-refractivity contribution < 1.29 is 34.6 Å². The minimum absolute atomic E-state index is 0.0262. The molecule has 1 heteroatoms. The zero-order valence-corrected chi connectivity index (χ0v) is 25.0. The van der Waals surface area contributed by atoms with Crippen LogP contribution in [0.4, 0.5) is 0 Å². The fourth-order valence-electron chi connectivity index (χ4n) is 6.44. The standard InChI is InChI=1S/C48H30O/c1-3-14-31(15-4-1)34-27-29-44-43(30-34)47(48(49-44)42-25-13-24-36-35-19-8-7-16-32(35)26-28-37(36)42)46-40-22-11-9-20-38(40)45(33-17-5-2-6-18-33)39-21-10-12-23-41(39)46/h1-30H/i2D,5D,6D,7D,8D,9D,10D,11D,12D,13D,16D,17D,18D,19D,20D,21D,22D,23D,24D,25D,26D,28D. The van der Waals surface area contributed by atoms with Crippen molar-refractivity contribution in [3.8, 4) is 44.7 Å². The van der Waals surface area contributed by atoms with Gasteiger partial charge in [0.2, 0.25) is 0 Å². The Morgan fingerprint density at radius 1 is 0.367 bits per heavy atom. The third-order valence-corrected chi connectivity index (χ3v) is 8.52. The zero-order valence-electron chi connectivity index (χ0n) is 47.0. The predicted molar refractivity (Wildman–Crippen MR) is 208 cm³/mol. The number of benzene rings is 9. The average molecular weight is 645 g/mol. The van der Waals surface area contributed by atoms with E-state index in [2.05, 4.69) is 0 Å². The Balaban J connectivity index is 1.57.